The minimum atomic E-state index is -0.145. The van der Waals surface area contributed by atoms with Gasteiger partial charge in [0.1, 0.15) is 5.75 Å². The summed E-state index contributed by atoms with van der Waals surface area (Å²) in [6.07, 6.45) is 4.73. The molecule has 4 rings (SSSR count). The Bertz CT molecular complexity index is 1020. The molecular weight excluding hydrogens is 396 g/mol. The van der Waals surface area contributed by atoms with Crippen LogP contribution in [0.15, 0.2) is 47.8 Å². The van der Waals surface area contributed by atoms with Crippen LogP contribution in [0.2, 0.25) is 5.02 Å². The Morgan fingerprint density at radius 3 is 3.00 bits per heavy atom. The Kier molecular flexibility index (Phi) is 5.37. The minimum Gasteiger partial charge on any atom is -0.495 e. The van der Waals surface area contributed by atoms with Crippen LogP contribution in [0.5, 0.6) is 5.75 Å². The number of rotatable bonds is 5. The number of anilines is 1. The zero-order chi connectivity index (χ0) is 19.7. The average molecular weight is 417 g/mol. The van der Waals surface area contributed by atoms with Gasteiger partial charge in [-0.3, -0.25) is 9.20 Å². The normalized spacial score (nSPS) is 16.5. The first-order valence-electron chi connectivity index (χ1n) is 9.01. The van der Waals surface area contributed by atoms with Crippen molar-refractivity contribution in [3.8, 4) is 5.75 Å². The van der Waals surface area contributed by atoms with Gasteiger partial charge >= 0.3 is 0 Å². The molecule has 146 valence electrons. The fourth-order valence-electron chi connectivity index (χ4n) is 3.58. The molecule has 0 spiro atoms. The third-order valence-corrected chi connectivity index (χ3v) is 5.81. The zero-order valence-electron chi connectivity index (χ0n) is 15.7. The van der Waals surface area contributed by atoms with Gasteiger partial charge in [0.05, 0.1) is 18.3 Å². The molecule has 0 radical (unpaired) electrons. The number of benzene rings is 1. The van der Waals surface area contributed by atoms with Gasteiger partial charge in [-0.1, -0.05) is 29.4 Å². The molecule has 0 aliphatic carbocycles. The van der Waals surface area contributed by atoms with E-state index in [1.807, 2.05) is 53.3 Å². The quantitative estimate of drug-likeness (QED) is 0.642. The summed E-state index contributed by atoms with van der Waals surface area (Å²) in [4.78, 5) is 19.6. The summed E-state index contributed by atoms with van der Waals surface area (Å²) < 4.78 is 7.40. The molecule has 1 amide bonds. The first-order chi connectivity index (χ1) is 13.6. The second-order valence-electron chi connectivity index (χ2n) is 6.62. The lowest BCUT2D eigenvalue weighted by molar-refractivity contribution is 0.0937. The van der Waals surface area contributed by atoms with E-state index in [1.165, 1.54) is 11.8 Å². The van der Waals surface area contributed by atoms with Crippen molar-refractivity contribution in [3.05, 3.63) is 53.3 Å². The van der Waals surface area contributed by atoms with E-state index in [9.17, 15) is 4.79 Å². The highest BCUT2D eigenvalue weighted by atomic mass is 35.5. The number of nitrogens with one attached hydrogen (secondary N) is 1. The molecule has 8 heteroatoms. The van der Waals surface area contributed by atoms with Crippen LogP contribution < -0.4 is 15.0 Å². The largest absolute Gasteiger partial charge is 0.495 e. The van der Waals surface area contributed by atoms with Crippen LogP contribution in [0.4, 0.5) is 5.69 Å². The number of imidazole rings is 1. The Morgan fingerprint density at radius 1 is 1.36 bits per heavy atom. The summed E-state index contributed by atoms with van der Waals surface area (Å²) in [6.45, 7) is 1.52. The number of pyridine rings is 1. The van der Waals surface area contributed by atoms with E-state index in [0.29, 0.717) is 17.3 Å². The molecule has 0 bridgehead atoms. The van der Waals surface area contributed by atoms with Crippen LogP contribution in [-0.4, -0.2) is 47.8 Å². The molecule has 1 saturated heterocycles. The van der Waals surface area contributed by atoms with E-state index >= 15 is 0 Å². The van der Waals surface area contributed by atoms with Crippen molar-refractivity contribution < 1.29 is 9.53 Å². The van der Waals surface area contributed by atoms with E-state index in [1.54, 1.807) is 7.11 Å². The molecule has 1 fully saturated rings. The maximum absolute atomic E-state index is 12.9. The number of hydrogen-bond acceptors (Lipinski definition) is 5. The summed E-state index contributed by atoms with van der Waals surface area (Å²) in [6, 6.07) is 11.4. The highest BCUT2D eigenvalue weighted by Crippen LogP contribution is 2.33. The first kappa shape index (κ1) is 19.0. The highest BCUT2D eigenvalue weighted by Gasteiger charge is 2.28. The van der Waals surface area contributed by atoms with Crippen molar-refractivity contribution in [3.63, 3.8) is 0 Å². The van der Waals surface area contributed by atoms with E-state index in [4.69, 9.17) is 16.3 Å². The Balaban J connectivity index is 1.51. The fourth-order valence-corrected chi connectivity index (χ4v) is 4.29. The third-order valence-electron chi connectivity index (χ3n) is 4.92. The van der Waals surface area contributed by atoms with Crippen molar-refractivity contribution in [1.29, 1.82) is 0 Å². The number of ether oxygens (including phenoxy) is 1. The maximum atomic E-state index is 12.9. The van der Waals surface area contributed by atoms with Crippen LogP contribution in [-0.2, 0) is 0 Å². The van der Waals surface area contributed by atoms with Crippen molar-refractivity contribution in [2.45, 2.75) is 17.6 Å². The van der Waals surface area contributed by atoms with E-state index in [2.05, 4.69) is 15.2 Å². The van der Waals surface area contributed by atoms with Gasteiger partial charge < -0.3 is 15.0 Å². The molecule has 1 atom stereocenters. The number of carbonyl (C=O) groups is 1. The summed E-state index contributed by atoms with van der Waals surface area (Å²) >= 11 is 7.68. The molecule has 1 aliphatic heterocycles. The molecule has 28 heavy (non-hydrogen) atoms. The number of amides is 1. The topological polar surface area (TPSA) is 58.9 Å². The predicted octanol–water partition coefficient (Wildman–Crippen LogP) is 3.73. The molecule has 0 saturated carbocycles. The van der Waals surface area contributed by atoms with Gasteiger partial charge in [-0.2, -0.15) is 0 Å². The van der Waals surface area contributed by atoms with E-state index in [-0.39, 0.29) is 11.9 Å². The molecule has 1 aliphatic rings. The van der Waals surface area contributed by atoms with Crippen LogP contribution in [0.3, 0.4) is 0 Å². The Morgan fingerprint density at radius 2 is 2.21 bits per heavy atom. The second kappa shape index (κ2) is 7.93. The summed E-state index contributed by atoms with van der Waals surface area (Å²) in [7, 11) is 1.65. The number of thioether (sulfide) groups is 1. The molecular formula is C20H21ClN4O2S. The van der Waals surface area contributed by atoms with Gasteiger partial charge in [-0.15, -0.1) is 0 Å². The van der Waals surface area contributed by atoms with Gasteiger partial charge in [-0.25, -0.2) is 4.98 Å². The van der Waals surface area contributed by atoms with Crippen molar-refractivity contribution in [2.75, 3.05) is 31.4 Å². The predicted molar refractivity (Wildman–Crippen MR) is 113 cm³/mol. The number of hydrogen-bond donors (Lipinski definition) is 1. The van der Waals surface area contributed by atoms with Gasteiger partial charge in [0.15, 0.2) is 10.9 Å². The van der Waals surface area contributed by atoms with Gasteiger partial charge in [0.2, 0.25) is 0 Å². The van der Waals surface area contributed by atoms with Crippen molar-refractivity contribution in [2.24, 2.45) is 0 Å². The van der Waals surface area contributed by atoms with Gasteiger partial charge in [0.25, 0.3) is 5.91 Å². The maximum Gasteiger partial charge on any atom is 0.272 e. The second-order valence-corrected chi connectivity index (χ2v) is 7.83. The third kappa shape index (κ3) is 3.52. The Hall–Kier alpha value is -2.38. The molecule has 3 heterocycles. The summed E-state index contributed by atoms with van der Waals surface area (Å²) in [5.41, 5.74) is 2.23. The highest BCUT2D eigenvalue weighted by molar-refractivity contribution is 7.98. The molecule has 6 nitrogen and oxygen atoms in total. The van der Waals surface area contributed by atoms with E-state index in [0.717, 1.165) is 35.1 Å². The molecule has 3 aromatic rings. The Labute approximate surface area is 172 Å². The number of carbonyl (C=O) groups excluding carboxylic acids is 1. The standard InChI is InChI=1S/C20H21ClN4O2S/c1-27-17-7-6-13(21)11-16(17)24-10-8-14(12-24)22-19(26)18-15-5-3-4-9-25(15)20(23-18)28-2/h3-7,9,11,14H,8,10,12H2,1-2H3,(H,22,26). The first-order valence-corrected chi connectivity index (χ1v) is 10.6. The lowest BCUT2D eigenvalue weighted by Gasteiger charge is -2.21. The smallest absolute Gasteiger partial charge is 0.272 e. The monoisotopic (exact) mass is 416 g/mol. The van der Waals surface area contributed by atoms with Gasteiger partial charge in [-0.05, 0) is 43.0 Å². The minimum absolute atomic E-state index is 0.0365. The number of aromatic nitrogens is 2. The number of methoxy groups -OCH3 is 1. The van der Waals surface area contributed by atoms with Crippen molar-refractivity contribution in [1.82, 2.24) is 14.7 Å². The van der Waals surface area contributed by atoms with Crippen LogP contribution >= 0.6 is 23.4 Å². The van der Waals surface area contributed by atoms with Crippen LogP contribution in [0.25, 0.3) is 5.52 Å². The number of halogens is 1. The number of nitrogens with zero attached hydrogens (tertiary/aromatic N) is 3. The van der Waals surface area contributed by atoms with Gasteiger partial charge in [0, 0.05) is 30.4 Å². The van der Waals surface area contributed by atoms with Crippen LogP contribution in [0, 0.1) is 0 Å². The summed E-state index contributed by atoms with van der Waals surface area (Å²) in [5, 5.41) is 4.60. The van der Waals surface area contributed by atoms with Crippen LogP contribution in [0.1, 0.15) is 16.9 Å². The molecule has 1 N–H and O–H groups in total. The SMILES string of the molecule is COc1ccc(Cl)cc1N1CCC(NC(=O)c2nc(SC)n3ccccc23)C1. The zero-order valence-corrected chi connectivity index (χ0v) is 17.3. The average Bonchev–Trinajstić information content (AvgIpc) is 3.32. The lowest BCUT2D eigenvalue weighted by Crippen LogP contribution is -2.37. The summed E-state index contributed by atoms with van der Waals surface area (Å²) in [5.74, 6) is 0.634. The molecule has 1 unspecified atom stereocenters. The lowest BCUT2D eigenvalue weighted by atomic mass is 10.2. The molecule has 2 aromatic heterocycles. The molecule has 1 aromatic carbocycles. The number of fused-ring (bicyclic) bond motifs is 1. The fraction of sp³-hybridized carbons (Fsp3) is 0.300. The van der Waals surface area contributed by atoms with Crippen molar-refractivity contribution >= 4 is 40.5 Å². The van der Waals surface area contributed by atoms with E-state index < -0.39 is 0 Å².